The second kappa shape index (κ2) is 7.81. The zero-order valence-electron chi connectivity index (χ0n) is 13.5. The fourth-order valence-corrected chi connectivity index (χ4v) is 2.40. The van der Waals surface area contributed by atoms with Crippen LogP contribution >= 0.6 is 11.6 Å². The molecule has 0 atom stereocenters. The zero-order chi connectivity index (χ0) is 17.6. The van der Waals surface area contributed by atoms with Crippen LogP contribution < -0.4 is 5.32 Å². The highest BCUT2D eigenvalue weighted by Gasteiger charge is 2.22. The molecule has 0 spiro atoms. The van der Waals surface area contributed by atoms with Gasteiger partial charge in [0.05, 0.1) is 6.61 Å². The van der Waals surface area contributed by atoms with Crippen molar-refractivity contribution in [3.05, 3.63) is 65.1 Å². The molecule has 0 aliphatic heterocycles. The number of halogens is 1. The first-order valence-corrected chi connectivity index (χ1v) is 8.12. The van der Waals surface area contributed by atoms with Crippen LogP contribution in [0.3, 0.4) is 0 Å². The first-order chi connectivity index (χ1) is 12.2. The summed E-state index contributed by atoms with van der Waals surface area (Å²) in [5, 5.41) is 3.62. The number of carbonyl (C=O) groups excluding carboxylic acids is 1. The molecule has 2 heterocycles. The van der Waals surface area contributed by atoms with Gasteiger partial charge in [0.25, 0.3) is 0 Å². The van der Waals surface area contributed by atoms with Gasteiger partial charge >= 0.3 is 5.97 Å². The molecule has 7 heteroatoms. The van der Waals surface area contributed by atoms with E-state index in [1.807, 2.05) is 12.1 Å². The minimum absolute atomic E-state index is 0.0979. The molecule has 6 nitrogen and oxygen atoms in total. The summed E-state index contributed by atoms with van der Waals surface area (Å²) in [7, 11) is 0. The molecular formula is C18H16ClN3O3. The topological polar surface area (TPSA) is 77.2 Å². The third-order valence-electron chi connectivity index (χ3n) is 3.34. The molecule has 2 aromatic heterocycles. The van der Waals surface area contributed by atoms with Crippen LogP contribution in [0.5, 0.6) is 0 Å². The molecule has 0 aliphatic carbocycles. The Bertz CT molecular complexity index is 865. The smallest absolute Gasteiger partial charge is 0.362 e. The van der Waals surface area contributed by atoms with Crippen LogP contribution in [0.2, 0.25) is 5.02 Å². The average molecular weight is 358 g/mol. The van der Waals surface area contributed by atoms with E-state index in [0.717, 1.165) is 5.56 Å². The van der Waals surface area contributed by atoms with Crippen LogP contribution in [0.1, 0.15) is 23.0 Å². The lowest BCUT2D eigenvalue weighted by molar-refractivity contribution is 0.0521. The molecule has 0 bridgehead atoms. The summed E-state index contributed by atoms with van der Waals surface area (Å²) < 4.78 is 10.8. The van der Waals surface area contributed by atoms with Crippen LogP contribution in [0.15, 0.2) is 53.2 Å². The second-order valence-electron chi connectivity index (χ2n) is 5.14. The van der Waals surface area contributed by atoms with Crippen molar-refractivity contribution in [3.63, 3.8) is 0 Å². The first-order valence-electron chi connectivity index (χ1n) is 7.74. The van der Waals surface area contributed by atoms with Gasteiger partial charge < -0.3 is 14.5 Å². The average Bonchev–Trinajstić information content (AvgIpc) is 3.05. The minimum Gasteiger partial charge on any atom is -0.461 e. The van der Waals surface area contributed by atoms with Crippen molar-refractivity contribution < 1.29 is 13.9 Å². The highest BCUT2D eigenvalue weighted by molar-refractivity contribution is 6.30. The number of esters is 1. The normalized spacial score (nSPS) is 10.5. The summed E-state index contributed by atoms with van der Waals surface area (Å²) in [5.41, 5.74) is 1.71. The SMILES string of the molecule is CCOC(=O)c1nc(-c2cccc(Cl)c2)oc1NCc1cccnc1. The largest absolute Gasteiger partial charge is 0.461 e. The van der Waals surface area contributed by atoms with Crippen LogP contribution in [0.25, 0.3) is 11.5 Å². The van der Waals surface area contributed by atoms with Crippen LogP contribution in [0, 0.1) is 0 Å². The number of hydrogen-bond donors (Lipinski definition) is 1. The number of carbonyl (C=O) groups is 1. The Labute approximate surface area is 149 Å². The van der Waals surface area contributed by atoms with Gasteiger partial charge in [-0.2, -0.15) is 4.98 Å². The number of anilines is 1. The summed E-state index contributed by atoms with van der Waals surface area (Å²) in [6.45, 7) is 2.42. The van der Waals surface area contributed by atoms with Gasteiger partial charge in [-0.25, -0.2) is 4.79 Å². The van der Waals surface area contributed by atoms with Crippen molar-refractivity contribution in [1.82, 2.24) is 9.97 Å². The molecular weight excluding hydrogens is 342 g/mol. The van der Waals surface area contributed by atoms with E-state index < -0.39 is 5.97 Å². The van der Waals surface area contributed by atoms with E-state index in [1.54, 1.807) is 43.6 Å². The Morgan fingerprint density at radius 2 is 2.20 bits per heavy atom. The molecule has 0 saturated heterocycles. The molecule has 1 aromatic carbocycles. The van der Waals surface area contributed by atoms with Gasteiger partial charge in [-0.1, -0.05) is 23.7 Å². The number of oxazole rings is 1. The molecule has 0 fully saturated rings. The predicted octanol–water partition coefficient (Wildman–Crippen LogP) is 4.18. The molecule has 128 valence electrons. The molecule has 0 radical (unpaired) electrons. The van der Waals surface area contributed by atoms with Crippen molar-refractivity contribution in [3.8, 4) is 11.5 Å². The van der Waals surface area contributed by atoms with E-state index in [4.69, 9.17) is 20.8 Å². The molecule has 0 aliphatic rings. The quantitative estimate of drug-likeness (QED) is 0.667. The fraction of sp³-hybridized carbons (Fsp3) is 0.167. The number of benzene rings is 1. The summed E-state index contributed by atoms with van der Waals surface area (Å²) in [6.07, 6.45) is 3.42. The van der Waals surface area contributed by atoms with Crippen LogP contribution in [-0.4, -0.2) is 22.5 Å². The molecule has 1 N–H and O–H groups in total. The van der Waals surface area contributed by atoms with Crippen molar-refractivity contribution in [2.75, 3.05) is 11.9 Å². The summed E-state index contributed by atoms with van der Waals surface area (Å²) in [6, 6.07) is 10.8. The van der Waals surface area contributed by atoms with Crippen molar-refractivity contribution in [2.24, 2.45) is 0 Å². The van der Waals surface area contributed by atoms with E-state index in [0.29, 0.717) is 23.0 Å². The lowest BCUT2D eigenvalue weighted by Crippen LogP contribution is -2.09. The maximum atomic E-state index is 12.2. The number of rotatable bonds is 6. The van der Waals surface area contributed by atoms with Crippen LogP contribution in [0.4, 0.5) is 5.88 Å². The van der Waals surface area contributed by atoms with E-state index in [9.17, 15) is 4.79 Å². The maximum Gasteiger partial charge on any atom is 0.362 e. The Morgan fingerprint density at radius 1 is 1.32 bits per heavy atom. The lowest BCUT2D eigenvalue weighted by atomic mass is 10.2. The highest BCUT2D eigenvalue weighted by atomic mass is 35.5. The third kappa shape index (κ3) is 4.16. The predicted molar refractivity (Wildman–Crippen MR) is 94.5 cm³/mol. The standard InChI is InChI=1S/C18H16ClN3O3/c1-2-24-18(23)15-17(21-11-12-5-4-8-20-10-12)25-16(22-15)13-6-3-7-14(19)9-13/h3-10,21H,2,11H2,1H3. The fourth-order valence-electron chi connectivity index (χ4n) is 2.21. The first kappa shape index (κ1) is 17.0. The molecule has 3 aromatic rings. The Kier molecular flexibility index (Phi) is 5.30. The Hall–Kier alpha value is -2.86. The number of hydrogen-bond acceptors (Lipinski definition) is 6. The number of ether oxygens (including phenoxy) is 1. The Morgan fingerprint density at radius 3 is 2.92 bits per heavy atom. The van der Waals surface area contributed by atoms with Gasteiger partial charge in [-0.15, -0.1) is 0 Å². The second-order valence-corrected chi connectivity index (χ2v) is 5.58. The number of pyridine rings is 1. The molecule has 0 unspecified atom stereocenters. The zero-order valence-corrected chi connectivity index (χ0v) is 14.3. The molecule has 0 amide bonds. The van der Waals surface area contributed by atoms with Crippen LogP contribution in [-0.2, 0) is 11.3 Å². The van der Waals surface area contributed by atoms with E-state index in [1.165, 1.54) is 0 Å². The lowest BCUT2D eigenvalue weighted by Gasteiger charge is -2.04. The minimum atomic E-state index is -0.548. The molecule has 3 rings (SSSR count). The number of nitrogens with one attached hydrogen (secondary N) is 1. The summed E-state index contributed by atoms with van der Waals surface area (Å²) in [4.78, 5) is 20.5. The van der Waals surface area contributed by atoms with Crippen molar-refractivity contribution in [1.29, 1.82) is 0 Å². The molecule has 25 heavy (non-hydrogen) atoms. The van der Waals surface area contributed by atoms with E-state index in [2.05, 4.69) is 15.3 Å². The monoisotopic (exact) mass is 357 g/mol. The van der Waals surface area contributed by atoms with Gasteiger partial charge in [0.2, 0.25) is 17.5 Å². The van der Waals surface area contributed by atoms with Gasteiger partial charge in [-0.05, 0) is 36.8 Å². The van der Waals surface area contributed by atoms with Gasteiger partial charge in [0, 0.05) is 29.5 Å². The number of nitrogens with zero attached hydrogens (tertiary/aromatic N) is 2. The number of aromatic nitrogens is 2. The summed E-state index contributed by atoms with van der Waals surface area (Å²) in [5.74, 6) is -0.00951. The highest BCUT2D eigenvalue weighted by Crippen LogP contribution is 2.28. The van der Waals surface area contributed by atoms with Gasteiger partial charge in [-0.3, -0.25) is 4.98 Å². The van der Waals surface area contributed by atoms with E-state index in [-0.39, 0.29) is 18.2 Å². The van der Waals surface area contributed by atoms with Gasteiger partial charge in [0.1, 0.15) is 0 Å². The van der Waals surface area contributed by atoms with E-state index >= 15 is 0 Å². The van der Waals surface area contributed by atoms with Gasteiger partial charge in [0.15, 0.2) is 0 Å². The molecule has 0 saturated carbocycles. The van der Waals surface area contributed by atoms with Crippen molar-refractivity contribution in [2.45, 2.75) is 13.5 Å². The summed E-state index contributed by atoms with van der Waals surface area (Å²) >= 11 is 6.01. The maximum absolute atomic E-state index is 12.2. The Balaban J connectivity index is 1.90. The third-order valence-corrected chi connectivity index (χ3v) is 3.58. The van der Waals surface area contributed by atoms with Crippen molar-refractivity contribution >= 4 is 23.5 Å².